The van der Waals surface area contributed by atoms with Gasteiger partial charge in [-0.15, -0.1) is 0 Å². The Hall–Kier alpha value is -1.66. The van der Waals surface area contributed by atoms with Crippen molar-refractivity contribution in [1.29, 1.82) is 0 Å². The van der Waals surface area contributed by atoms with E-state index >= 15 is 0 Å². The van der Waals surface area contributed by atoms with Crippen LogP contribution in [-0.4, -0.2) is 30.1 Å². The van der Waals surface area contributed by atoms with Crippen molar-refractivity contribution in [3.05, 3.63) is 28.6 Å². The number of carbonyl (C=O) groups is 1. The molecule has 0 unspecified atom stereocenters. The summed E-state index contributed by atoms with van der Waals surface area (Å²) < 4.78 is 11.2. The van der Waals surface area contributed by atoms with Crippen LogP contribution in [0.2, 0.25) is 0 Å². The molecule has 0 radical (unpaired) electrons. The highest BCUT2D eigenvalue weighted by Gasteiger charge is 2.37. The van der Waals surface area contributed by atoms with Crippen molar-refractivity contribution in [1.82, 2.24) is 10.3 Å². The third kappa shape index (κ3) is 3.48. The Morgan fingerprint density at radius 2 is 2.22 bits per heavy atom. The molecule has 1 amide bonds. The minimum absolute atomic E-state index is 0.0780. The average Bonchev–Trinajstić information content (AvgIpc) is 3.08. The summed E-state index contributed by atoms with van der Waals surface area (Å²) in [5.74, 6) is 0.243. The van der Waals surface area contributed by atoms with Crippen molar-refractivity contribution >= 4 is 29.2 Å². The quantitative estimate of drug-likeness (QED) is 0.841. The first kappa shape index (κ1) is 16.2. The standard InChI is InChI=1S/C17H22N2O3S/c1-17(2,3)14-11(6-7-21-14)9-18-15(20)10-4-5-12-13(8-10)22-16(23)19-12/h4-5,8,11,14H,6-7,9H2,1-3H3,(H,18,20)(H,19,23)/t11-,14-/m0/s1. The number of ether oxygens (including phenoxy) is 1. The van der Waals surface area contributed by atoms with Crippen molar-refractivity contribution in [2.24, 2.45) is 11.3 Å². The molecule has 6 heteroatoms. The Morgan fingerprint density at radius 3 is 2.96 bits per heavy atom. The molecular formula is C17H22N2O3S. The highest BCUT2D eigenvalue weighted by molar-refractivity contribution is 7.71. The highest BCUT2D eigenvalue weighted by Crippen LogP contribution is 2.34. The molecular weight excluding hydrogens is 312 g/mol. The first-order chi connectivity index (χ1) is 10.8. The molecule has 2 atom stereocenters. The van der Waals surface area contributed by atoms with E-state index in [2.05, 4.69) is 31.1 Å². The van der Waals surface area contributed by atoms with Crippen molar-refractivity contribution in [3.8, 4) is 0 Å². The fraction of sp³-hybridized carbons (Fsp3) is 0.529. The molecule has 0 aliphatic carbocycles. The first-order valence-corrected chi connectivity index (χ1v) is 8.28. The Kier molecular flexibility index (Phi) is 4.29. The summed E-state index contributed by atoms with van der Waals surface area (Å²) in [5.41, 5.74) is 2.04. The molecule has 1 aliphatic rings. The molecule has 1 aliphatic heterocycles. The summed E-state index contributed by atoms with van der Waals surface area (Å²) in [7, 11) is 0. The lowest BCUT2D eigenvalue weighted by Gasteiger charge is -2.31. The number of aromatic amines is 1. The molecule has 0 bridgehead atoms. The molecule has 23 heavy (non-hydrogen) atoms. The van der Waals surface area contributed by atoms with E-state index < -0.39 is 0 Å². The number of H-pyrrole nitrogens is 1. The van der Waals surface area contributed by atoms with E-state index in [1.807, 2.05) is 0 Å². The van der Waals surface area contributed by atoms with Gasteiger partial charge in [-0.25, -0.2) is 0 Å². The normalized spacial score (nSPS) is 21.7. The number of benzene rings is 1. The number of aromatic nitrogens is 1. The maximum atomic E-state index is 12.4. The predicted molar refractivity (Wildman–Crippen MR) is 91.0 cm³/mol. The summed E-state index contributed by atoms with van der Waals surface area (Å²) in [4.78, 5) is 15.6. The highest BCUT2D eigenvalue weighted by atomic mass is 32.1. The third-order valence-electron chi connectivity index (χ3n) is 4.28. The van der Waals surface area contributed by atoms with Gasteiger partial charge in [-0.1, -0.05) is 20.8 Å². The van der Waals surface area contributed by atoms with Crippen molar-refractivity contribution in [3.63, 3.8) is 0 Å². The molecule has 1 fully saturated rings. The summed E-state index contributed by atoms with van der Waals surface area (Å²) >= 11 is 4.96. The Bertz CT molecular complexity index is 772. The van der Waals surface area contributed by atoms with Gasteiger partial charge in [0.2, 0.25) is 0 Å². The Balaban J connectivity index is 1.67. The zero-order valence-corrected chi connectivity index (χ0v) is 14.5. The lowest BCUT2D eigenvalue weighted by molar-refractivity contribution is 0.00737. The van der Waals surface area contributed by atoms with Crippen LogP contribution < -0.4 is 5.32 Å². The number of hydrogen-bond acceptors (Lipinski definition) is 4. The second-order valence-corrected chi connectivity index (χ2v) is 7.51. The van der Waals surface area contributed by atoms with Crippen LogP contribution in [0.1, 0.15) is 37.6 Å². The summed E-state index contributed by atoms with van der Waals surface area (Å²) in [6.07, 6.45) is 1.15. The summed E-state index contributed by atoms with van der Waals surface area (Å²) in [6, 6.07) is 5.29. The second-order valence-electron chi connectivity index (χ2n) is 7.14. The van der Waals surface area contributed by atoms with Gasteiger partial charge >= 0.3 is 0 Å². The maximum Gasteiger partial charge on any atom is 0.266 e. The van der Waals surface area contributed by atoms with Gasteiger partial charge in [-0.3, -0.25) is 4.79 Å². The zero-order chi connectivity index (χ0) is 16.6. The number of fused-ring (bicyclic) bond motifs is 1. The molecule has 1 aromatic heterocycles. The Labute approximate surface area is 140 Å². The van der Waals surface area contributed by atoms with E-state index in [9.17, 15) is 4.79 Å². The molecule has 124 valence electrons. The predicted octanol–water partition coefficient (Wildman–Crippen LogP) is 3.67. The van der Waals surface area contributed by atoms with Crippen LogP contribution >= 0.6 is 12.2 Å². The minimum Gasteiger partial charge on any atom is -0.429 e. The van der Waals surface area contributed by atoms with E-state index in [1.54, 1.807) is 18.2 Å². The average molecular weight is 334 g/mol. The number of amides is 1. The molecule has 2 heterocycles. The van der Waals surface area contributed by atoms with Crippen molar-refractivity contribution in [2.45, 2.75) is 33.3 Å². The SMILES string of the molecule is CC(C)(C)[C@H]1OCC[C@H]1CNC(=O)c1ccc2[nH]c(=S)oc2c1. The molecule has 2 aromatic rings. The van der Waals surface area contributed by atoms with Crippen molar-refractivity contribution in [2.75, 3.05) is 13.2 Å². The fourth-order valence-corrected chi connectivity index (χ4v) is 3.41. The summed E-state index contributed by atoms with van der Waals surface area (Å²) in [6.45, 7) is 7.90. The largest absolute Gasteiger partial charge is 0.429 e. The van der Waals surface area contributed by atoms with Crippen molar-refractivity contribution < 1.29 is 13.9 Å². The smallest absolute Gasteiger partial charge is 0.266 e. The van der Waals surface area contributed by atoms with Gasteiger partial charge < -0.3 is 19.5 Å². The Morgan fingerprint density at radius 1 is 1.43 bits per heavy atom. The van der Waals surface area contributed by atoms with Gasteiger partial charge in [0.1, 0.15) is 0 Å². The van der Waals surface area contributed by atoms with Crippen LogP contribution in [0.3, 0.4) is 0 Å². The monoisotopic (exact) mass is 334 g/mol. The minimum atomic E-state index is -0.103. The number of hydrogen-bond donors (Lipinski definition) is 2. The van der Waals surface area contributed by atoms with Crippen LogP contribution in [0.4, 0.5) is 0 Å². The van der Waals surface area contributed by atoms with Gasteiger partial charge in [0.05, 0.1) is 11.6 Å². The topological polar surface area (TPSA) is 67.3 Å². The lowest BCUT2D eigenvalue weighted by Crippen LogP contribution is -2.38. The molecule has 2 N–H and O–H groups in total. The second kappa shape index (κ2) is 6.09. The molecule has 1 aromatic carbocycles. The van der Waals surface area contributed by atoms with Crippen LogP contribution in [0, 0.1) is 16.2 Å². The van der Waals surface area contributed by atoms with Gasteiger partial charge in [0.15, 0.2) is 5.58 Å². The van der Waals surface area contributed by atoms with Gasteiger partial charge in [0.25, 0.3) is 10.7 Å². The first-order valence-electron chi connectivity index (χ1n) is 7.87. The molecule has 5 nitrogen and oxygen atoms in total. The molecule has 3 rings (SSSR count). The number of carbonyl (C=O) groups excluding carboxylic acids is 1. The van der Waals surface area contributed by atoms with E-state index in [0.29, 0.717) is 28.4 Å². The van der Waals surface area contributed by atoms with Crippen LogP contribution in [0.25, 0.3) is 11.1 Å². The molecule has 0 spiro atoms. The van der Waals surface area contributed by atoms with Gasteiger partial charge in [-0.2, -0.15) is 0 Å². The zero-order valence-electron chi connectivity index (χ0n) is 13.6. The van der Waals surface area contributed by atoms with E-state index in [0.717, 1.165) is 18.5 Å². The van der Waals surface area contributed by atoms with E-state index in [4.69, 9.17) is 21.4 Å². The van der Waals surface area contributed by atoms with Crippen LogP contribution in [-0.2, 0) is 4.74 Å². The van der Waals surface area contributed by atoms with E-state index in [1.165, 1.54) is 0 Å². The number of oxazole rings is 1. The van der Waals surface area contributed by atoms with Gasteiger partial charge in [-0.05, 0) is 42.3 Å². The van der Waals surface area contributed by atoms with Crippen LogP contribution in [0.15, 0.2) is 22.6 Å². The maximum absolute atomic E-state index is 12.4. The fourth-order valence-electron chi connectivity index (χ4n) is 3.21. The van der Waals surface area contributed by atoms with Gasteiger partial charge in [0, 0.05) is 24.6 Å². The number of rotatable bonds is 3. The summed E-state index contributed by atoms with van der Waals surface area (Å²) in [5, 5.41) is 3.02. The lowest BCUT2D eigenvalue weighted by atomic mass is 9.81. The molecule has 1 saturated heterocycles. The third-order valence-corrected chi connectivity index (χ3v) is 4.46. The number of nitrogens with one attached hydrogen (secondary N) is 2. The van der Waals surface area contributed by atoms with E-state index in [-0.39, 0.29) is 17.4 Å². The molecule has 0 saturated carbocycles. The van der Waals surface area contributed by atoms with Crippen LogP contribution in [0.5, 0.6) is 0 Å².